The predicted molar refractivity (Wildman–Crippen MR) is 74.9 cm³/mol. The van der Waals surface area contributed by atoms with Gasteiger partial charge in [-0.3, -0.25) is 4.79 Å². The van der Waals surface area contributed by atoms with Crippen molar-refractivity contribution in [2.45, 2.75) is 31.7 Å². The molecule has 1 rings (SSSR count). The molecule has 0 saturated carbocycles. The van der Waals surface area contributed by atoms with Crippen LogP contribution in [0.4, 0.5) is 0 Å². The third-order valence-corrected chi connectivity index (χ3v) is 5.64. The number of amides is 1. The Labute approximate surface area is 119 Å². The Morgan fingerprint density at radius 1 is 1.50 bits per heavy atom. The smallest absolute Gasteiger partial charge is 0.242 e. The highest BCUT2D eigenvalue weighted by molar-refractivity contribution is 9.11. The number of nitrogens with two attached hydrogens (primary N) is 1. The number of sulfonamides is 1. The number of carbonyl (C=O) groups is 1. The first-order valence-electron chi connectivity index (χ1n) is 5.22. The average Bonchev–Trinajstić information content (AvgIpc) is 2.54. The van der Waals surface area contributed by atoms with Gasteiger partial charge in [-0.15, -0.1) is 11.3 Å². The average molecular weight is 355 g/mol. The highest BCUT2D eigenvalue weighted by Crippen LogP contribution is 2.29. The van der Waals surface area contributed by atoms with E-state index >= 15 is 0 Å². The Morgan fingerprint density at radius 2 is 2.06 bits per heavy atom. The molecule has 1 heterocycles. The molecule has 0 aromatic carbocycles. The predicted octanol–water partition coefficient (Wildman–Crippen LogP) is 1.61. The second-order valence-electron chi connectivity index (χ2n) is 4.22. The SMILES string of the molecule is Cc1sc(Br)cc1S(=O)(=O)NC(C(N)=O)C(C)C. The highest BCUT2D eigenvalue weighted by atomic mass is 79.9. The quantitative estimate of drug-likeness (QED) is 0.841. The molecule has 102 valence electrons. The van der Waals surface area contributed by atoms with Gasteiger partial charge in [0.05, 0.1) is 8.68 Å². The first kappa shape index (κ1) is 15.6. The molecule has 0 aliphatic carbocycles. The van der Waals surface area contributed by atoms with Crippen molar-refractivity contribution in [3.63, 3.8) is 0 Å². The van der Waals surface area contributed by atoms with Crippen LogP contribution in [0.1, 0.15) is 18.7 Å². The van der Waals surface area contributed by atoms with E-state index in [2.05, 4.69) is 20.7 Å². The lowest BCUT2D eigenvalue weighted by Crippen LogP contribution is -2.47. The monoisotopic (exact) mass is 354 g/mol. The summed E-state index contributed by atoms with van der Waals surface area (Å²) >= 11 is 4.56. The highest BCUT2D eigenvalue weighted by Gasteiger charge is 2.28. The van der Waals surface area contributed by atoms with E-state index in [9.17, 15) is 13.2 Å². The molecule has 0 fully saturated rings. The lowest BCUT2D eigenvalue weighted by molar-refractivity contribution is -0.120. The van der Waals surface area contributed by atoms with Gasteiger partial charge in [0, 0.05) is 4.88 Å². The number of nitrogens with one attached hydrogen (secondary N) is 1. The number of hydrogen-bond donors (Lipinski definition) is 2. The first-order valence-corrected chi connectivity index (χ1v) is 8.32. The van der Waals surface area contributed by atoms with Crippen molar-refractivity contribution in [2.75, 3.05) is 0 Å². The summed E-state index contributed by atoms with van der Waals surface area (Å²) in [5, 5.41) is 0. The Bertz CT molecular complexity index is 551. The van der Waals surface area contributed by atoms with Gasteiger partial charge in [-0.05, 0) is 34.8 Å². The Hall–Kier alpha value is -0.440. The zero-order chi connectivity index (χ0) is 14.1. The number of rotatable bonds is 5. The van der Waals surface area contributed by atoms with Gasteiger partial charge in [-0.25, -0.2) is 8.42 Å². The minimum atomic E-state index is -3.73. The molecule has 0 bridgehead atoms. The van der Waals surface area contributed by atoms with Crippen molar-refractivity contribution in [1.29, 1.82) is 0 Å². The molecule has 0 spiro atoms. The van der Waals surface area contributed by atoms with Gasteiger partial charge in [-0.1, -0.05) is 13.8 Å². The topological polar surface area (TPSA) is 89.3 Å². The van der Waals surface area contributed by atoms with Gasteiger partial charge >= 0.3 is 0 Å². The van der Waals surface area contributed by atoms with E-state index < -0.39 is 22.0 Å². The van der Waals surface area contributed by atoms with Crippen LogP contribution in [-0.2, 0) is 14.8 Å². The van der Waals surface area contributed by atoms with Crippen molar-refractivity contribution < 1.29 is 13.2 Å². The third-order valence-electron chi connectivity index (χ3n) is 2.39. The van der Waals surface area contributed by atoms with Gasteiger partial charge < -0.3 is 5.73 Å². The van der Waals surface area contributed by atoms with Crippen LogP contribution in [0.25, 0.3) is 0 Å². The van der Waals surface area contributed by atoms with Crippen molar-refractivity contribution >= 4 is 43.2 Å². The van der Waals surface area contributed by atoms with E-state index in [1.54, 1.807) is 20.8 Å². The van der Waals surface area contributed by atoms with Gasteiger partial charge in [-0.2, -0.15) is 4.72 Å². The van der Waals surface area contributed by atoms with Crippen LogP contribution in [0, 0.1) is 12.8 Å². The summed E-state index contributed by atoms with van der Waals surface area (Å²) in [6.45, 7) is 5.17. The van der Waals surface area contributed by atoms with Crippen LogP contribution < -0.4 is 10.5 Å². The summed E-state index contributed by atoms with van der Waals surface area (Å²) in [7, 11) is -3.73. The molecule has 18 heavy (non-hydrogen) atoms. The number of halogens is 1. The number of carbonyl (C=O) groups excluding carboxylic acids is 1. The van der Waals surface area contributed by atoms with Crippen molar-refractivity contribution in [3.05, 3.63) is 14.7 Å². The number of primary amides is 1. The molecular weight excluding hydrogens is 340 g/mol. The van der Waals surface area contributed by atoms with Gasteiger partial charge in [0.15, 0.2) is 0 Å². The summed E-state index contributed by atoms with van der Waals surface area (Å²) in [5.41, 5.74) is 5.19. The molecule has 0 aliphatic heterocycles. The molecule has 5 nitrogen and oxygen atoms in total. The van der Waals surface area contributed by atoms with E-state index in [1.807, 2.05) is 0 Å². The molecule has 1 aromatic rings. The van der Waals surface area contributed by atoms with Crippen LogP contribution in [-0.4, -0.2) is 20.4 Å². The first-order chi connectivity index (χ1) is 8.15. The summed E-state index contributed by atoms with van der Waals surface area (Å²) in [6, 6.07) is 0.605. The van der Waals surface area contributed by atoms with Crippen LogP contribution in [0.2, 0.25) is 0 Å². The van der Waals surface area contributed by atoms with Crippen LogP contribution in [0.3, 0.4) is 0 Å². The summed E-state index contributed by atoms with van der Waals surface area (Å²) in [5.74, 6) is -0.889. The third kappa shape index (κ3) is 3.53. The van der Waals surface area contributed by atoms with Crippen molar-refractivity contribution in [3.8, 4) is 0 Å². The second-order valence-corrected chi connectivity index (χ2v) is 8.53. The lowest BCUT2D eigenvalue weighted by Gasteiger charge is -2.18. The number of aryl methyl sites for hydroxylation is 1. The van der Waals surface area contributed by atoms with E-state index in [0.29, 0.717) is 4.88 Å². The normalized spacial score (nSPS) is 13.8. The molecular formula is C10H15BrN2O3S2. The zero-order valence-electron chi connectivity index (χ0n) is 10.2. The molecule has 1 amide bonds. The van der Waals surface area contributed by atoms with E-state index in [1.165, 1.54) is 17.4 Å². The molecule has 1 unspecified atom stereocenters. The minimum absolute atomic E-state index is 0.172. The maximum Gasteiger partial charge on any atom is 0.242 e. The van der Waals surface area contributed by atoms with E-state index in [0.717, 1.165) is 3.79 Å². The number of hydrogen-bond acceptors (Lipinski definition) is 4. The Balaban J connectivity index is 3.08. The van der Waals surface area contributed by atoms with Crippen LogP contribution >= 0.6 is 27.3 Å². The van der Waals surface area contributed by atoms with Gasteiger partial charge in [0.1, 0.15) is 6.04 Å². The number of thiophene rings is 1. The standard InChI is InChI=1S/C10H15BrN2O3S2/c1-5(2)9(10(12)14)13-18(15,16)7-4-8(11)17-6(7)3/h4-5,9,13H,1-3H3,(H2,12,14). The molecule has 0 aliphatic rings. The van der Waals surface area contributed by atoms with Gasteiger partial charge in [0.2, 0.25) is 15.9 Å². The maximum atomic E-state index is 12.2. The van der Waals surface area contributed by atoms with Gasteiger partial charge in [0.25, 0.3) is 0 Å². The Morgan fingerprint density at radius 3 is 2.39 bits per heavy atom. The summed E-state index contributed by atoms with van der Waals surface area (Å²) in [6.07, 6.45) is 0. The Kier molecular flexibility index (Phi) is 4.93. The fourth-order valence-corrected chi connectivity index (χ4v) is 5.22. The maximum absolute atomic E-state index is 12.2. The van der Waals surface area contributed by atoms with Crippen LogP contribution in [0.5, 0.6) is 0 Å². The fourth-order valence-electron chi connectivity index (χ4n) is 1.45. The fraction of sp³-hybridized carbons (Fsp3) is 0.500. The van der Waals surface area contributed by atoms with Crippen LogP contribution in [0.15, 0.2) is 14.7 Å². The molecule has 3 N–H and O–H groups in total. The second kappa shape index (κ2) is 5.68. The zero-order valence-corrected chi connectivity index (χ0v) is 13.4. The lowest BCUT2D eigenvalue weighted by atomic mass is 10.1. The molecule has 0 saturated heterocycles. The van der Waals surface area contributed by atoms with Crippen molar-refractivity contribution in [2.24, 2.45) is 11.7 Å². The molecule has 8 heteroatoms. The largest absolute Gasteiger partial charge is 0.368 e. The minimum Gasteiger partial charge on any atom is -0.368 e. The molecule has 0 radical (unpaired) electrons. The molecule has 1 aromatic heterocycles. The van der Waals surface area contributed by atoms with Crippen molar-refractivity contribution in [1.82, 2.24) is 4.72 Å². The summed E-state index contributed by atoms with van der Waals surface area (Å²) < 4.78 is 27.4. The van der Waals surface area contributed by atoms with E-state index in [4.69, 9.17) is 5.73 Å². The molecule has 1 atom stereocenters. The summed E-state index contributed by atoms with van der Waals surface area (Å²) in [4.78, 5) is 12.1. The van der Waals surface area contributed by atoms with E-state index in [-0.39, 0.29) is 10.8 Å².